The molecule has 74 valence electrons. The molecule has 0 aromatic rings. The molecule has 2 aliphatic heterocycles. The molecule has 2 aliphatic rings. The fourth-order valence-corrected chi connectivity index (χ4v) is 1.12. The molecule has 14 heavy (non-hydrogen) atoms. The second-order valence-corrected chi connectivity index (χ2v) is 2.75. The molecule has 0 spiro atoms. The van der Waals surface area contributed by atoms with Gasteiger partial charge in [0.25, 0.3) is 0 Å². The van der Waals surface area contributed by atoms with Gasteiger partial charge in [0.2, 0.25) is 0 Å². The van der Waals surface area contributed by atoms with Gasteiger partial charge in [-0.2, -0.15) is 18.2 Å². The molecule has 2 rings (SSSR count). The van der Waals surface area contributed by atoms with Gasteiger partial charge in [-0.1, -0.05) is 0 Å². The Bertz CT molecular complexity index is 380. The van der Waals surface area contributed by atoms with Gasteiger partial charge >= 0.3 is 12.2 Å². The van der Waals surface area contributed by atoms with E-state index >= 15 is 0 Å². The molecule has 2 heterocycles. The van der Waals surface area contributed by atoms with Gasteiger partial charge in [-0.25, -0.2) is 9.79 Å². The lowest BCUT2D eigenvalue weighted by Gasteiger charge is -2.16. The summed E-state index contributed by atoms with van der Waals surface area (Å²) in [6.07, 6.45) is -2.43. The summed E-state index contributed by atoms with van der Waals surface area (Å²) in [5.74, 6) is -0.111. The standard InChI is InChI=1S/C7H4F3N3O/c8-7(9,10)4-2-1-3-5(12-4)13-6(14)11-3/h1-2,4H,(H,12,13,14). The molecule has 0 aromatic heterocycles. The van der Waals surface area contributed by atoms with Gasteiger partial charge in [0.15, 0.2) is 11.9 Å². The molecule has 1 atom stereocenters. The second kappa shape index (κ2) is 2.66. The third-order valence-electron chi connectivity index (χ3n) is 1.73. The van der Waals surface area contributed by atoms with E-state index in [2.05, 4.69) is 15.3 Å². The van der Waals surface area contributed by atoms with Gasteiger partial charge in [0.1, 0.15) is 5.71 Å². The molecular weight excluding hydrogens is 199 g/mol. The Morgan fingerprint density at radius 2 is 2.14 bits per heavy atom. The quantitative estimate of drug-likeness (QED) is 0.628. The van der Waals surface area contributed by atoms with Crippen LogP contribution in [-0.2, 0) is 0 Å². The maximum Gasteiger partial charge on any atom is 0.414 e. The Balaban J connectivity index is 2.30. The van der Waals surface area contributed by atoms with Crippen LogP contribution in [0.5, 0.6) is 0 Å². The van der Waals surface area contributed by atoms with Gasteiger partial charge in [0, 0.05) is 0 Å². The molecule has 0 bridgehead atoms. The van der Waals surface area contributed by atoms with Crippen molar-refractivity contribution >= 4 is 17.6 Å². The Kier molecular flexibility index (Phi) is 1.70. The molecule has 0 aromatic carbocycles. The lowest BCUT2D eigenvalue weighted by molar-refractivity contribution is -0.136. The smallest absolute Gasteiger partial charge is 0.289 e. The number of halogens is 3. The van der Waals surface area contributed by atoms with Crippen LogP contribution in [0.4, 0.5) is 18.0 Å². The first-order chi connectivity index (χ1) is 6.47. The SMILES string of the molecule is O=C1N=C2C=CC(C(F)(F)F)N=C2N1. The molecule has 4 nitrogen and oxygen atoms in total. The molecule has 7 heteroatoms. The zero-order valence-electron chi connectivity index (χ0n) is 6.67. The molecule has 0 saturated heterocycles. The minimum Gasteiger partial charge on any atom is -0.289 e. The van der Waals surface area contributed by atoms with Gasteiger partial charge < -0.3 is 0 Å². The van der Waals surface area contributed by atoms with Crippen molar-refractivity contribution in [3.05, 3.63) is 12.2 Å². The maximum atomic E-state index is 12.2. The Morgan fingerprint density at radius 3 is 2.79 bits per heavy atom. The number of amidine groups is 1. The summed E-state index contributed by atoms with van der Waals surface area (Å²) in [6, 6.07) is -2.58. The molecule has 0 saturated carbocycles. The first-order valence-electron chi connectivity index (χ1n) is 3.69. The van der Waals surface area contributed by atoms with E-state index in [0.717, 1.165) is 12.2 Å². The van der Waals surface area contributed by atoms with Crippen molar-refractivity contribution < 1.29 is 18.0 Å². The van der Waals surface area contributed by atoms with Crippen molar-refractivity contribution in [2.24, 2.45) is 9.98 Å². The van der Waals surface area contributed by atoms with Crippen LogP contribution in [0.1, 0.15) is 0 Å². The van der Waals surface area contributed by atoms with E-state index in [1.54, 1.807) is 0 Å². The summed E-state index contributed by atoms with van der Waals surface area (Å²) in [7, 11) is 0. The van der Waals surface area contributed by atoms with Crippen LogP contribution < -0.4 is 5.32 Å². The fraction of sp³-hybridized carbons (Fsp3) is 0.286. The third kappa shape index (κ3) is 1.40. The highest BCUT2D eigenvalue weighted by molar-refractivity contribution is 6.52. The largest absolute Gasteiger partial charge is 0.414 e. The molecule has 0 fully saturated rings. The average molecular weight is 203 g/mol. The number of hydrogen-bond acceptors (Lipinski definition) is 2. The number of hydrogen-bond donors (Lipinski definition) is 1. The predicted molar refractivity (Wildman–Crippen MR) is 42.4 cm³/mol. The number of fused-ring (bicyclic) bond motifs is 1. The van der Waals surface area contributed by atoms with Gasteiger partial charge in [-0.3, -0.25) is 5.32 Å². The van der Waals surface area contributed by atoms with Crippen molar-refractivity contribution in [1.82, 2.24) is 5.32 Å². The Morgan fingerprint density at radius 1 is 1.43 bits per heavy atom. The predicted octanol–water partition coefficient (Wildman–Crippen LogP) is 1.05. The van der Waals surface area contributed by atoms with Crippen LogP contribution in [0.15, 0.2) is 22.1 Å². The average Bonchev–Trinajstić information content (AvgIpc) is 2.41. The van der Waals surface area contributed by atoms with Crippen molar-refractivity contribution in [2.75, 3.05) is 0 Å². The van der Waals surface area contributed by atoms with Crippen molar-refractivity contribution in [3.63, 3.8) is 0 Å². The van der Waals surface area contributed by atoms with E-state index in [1.807, 2.05) is 0 Å². The van der Waals surface area contributed by atoms with Crippen LogP contribution in [-0.4, -0.2) is 29.8 Å². The van der Waals surface area contributed by atoms with Crippen molar-refractivity contribution in [3.8, 4) is 0 Å². The normalized spacial score (nSPS) is 25.4. The lowest BCUT2D eigenvalue weighted by atomic mass is 10.1. The zero-order valence-corrected chi connectivity index (χ0v) is 6.67. The summed E-state index contributed by atoms with van der Waals surface area (Å²) < 4.78 is 36.6. The van der Waals surface area contributed by atoms with Gasteiger partial charge in [0.05, 0.1) is 0 Å². The van der Waals surface area contributed by atoms with E-state index in [0.29, 0.717) is 0 Å². The number of amides is 2. The summed E-state index contributed by atoms with van der Waals surface area (Å²) in [6.45, 7) is 0. The third-order valence-corrected chi connectivity index (χ3v) is 1.73. The van der Waals surface area contributed by atoms with Crippen LogP contribution >= 0.6 is 0 Å². The minimum atomic E-state index is -4.43. The van der Waals surface area contributed by atoms with Crippen molar-refractivity contribution in [1.29, 1.82) is 0 Å². The number of alkyl halides is 3. The monoisotopic (exact) mass is 203 g/mol. The highest BCUT2D eigenvalue weighted by Crippen LogP contribution is 2.26. The zero-order chi connectivity index (χ0) is 10.3. The summed E-state index contributed by atoms with van der Waals surface area (Å²) in [5, 5.41) is 2.11. The van der Waals surface area contributed by atoms with E-state index in [-0.39, 0.29) is 11.5 Å². The Hall–Kier alpha value is -1.66. The van der Waals surface area contributed by atoms with Crippen LogP contribution in [0.2, 0.25) is 0 Å². The number of dihydropyridines is 1. The molecule has 1 N–H and O–H groups in total. The maximum absolute atomic E-state index is 12.2. The van der Waals surface area contributed by atoms with E-state index in [1.165, 1.54) is 0 Å². The first-order valence-corrected chi connectivity index (χ1v) is 3.69. The molecule has 1 unspecified atom stereocenters. The second-order valence-electron chi connectivity index (χ2n) is 2.75. The number of nitrogens with one attached hydrogen (secondary N) is 1. The summed E-state index contributed by atoms with van der Waals surface area (Å²) in [5.41, 5.74) is 0.149. The number of rotatable bonds is 0. The highest BCUT2D eigenvalue weighted by Gasteiger charge is 2.40. The number of carbonyl (C=O) groups excluding carboxylic acids is 1. The number of aliphatic imine (C=N–C) groups is 2. The lowest BCUT2D eigenvalue weighted by Crippen LogP contribution is -2.34. The van der Waals surface area contributed by atoms with E-state index in [4.69, 9.17) is 0 Å². The fourth-order valence-electron chi connectivity index (χ4n) is 1.12. The summed E-state index contributed by atoms with van der Waals surface area (Å²) in [4.78, 5) is 17.4. The first kappa shape index (κ1) is 8.92. The van der Waals surface area contributed by atoms with Gasteiger partial charge in [-0.15, -0.1) is 0 Å². The van der Waals surface area contributed by atoms with Crippen LogP contribution in [0.25, 0.3) is 0 Å². The Labute approximate surface area is 76.2 Å². The topological polar surface area (TPSA) is 53.8 Å². The van der Waals surface area contributed by atoms with Crippen LogP contribution in [0, 0.1) is 0 Å². The molecule has 0 aliphatic carbocycles. The highest BCUT2D eigenvalue weighted by atomic mass is 19.4. The van der Waals surface area contributed by atoms with Crippen LogP contribution in [0.3, 0.4) is 0 Å². The molecular formula is C7H4F3N3O. The number of urea groups is 1. The number of nitrogens with zero attached hydrogens (tertiary/aromatic N) is 2. The van der Waals surface area contributed by atoms with E-state index in [9.17, 15) is 18.0 Å². The number of carbonyl (C=O) groups is 1. The molecule has 0 radical (unpaired) electrons. The summed E-state index contributed by atoms with van der Waals surface area (Å²) >= 11 is 0. The molecule has 2 amide bonds. The van der Waals surface area contributed by atoms with E-state index < -0.39 is 18.2 Å². The van der Waals surface area contributed by atoms with Gasteiger partial charge in [-0.05, 0) is 12.2 Å². The van der Waals surface area contributed by atoms with Crippen molar-refractivity contribution in [2.45, 2.75) is 12.2 Å². The minimum absolute atomic E-state index is 0.111.